The summed E-state index contributed by atoms with van der Waals surface area (Å²) in [6.07, 6.45) is 3.15. The minimum absolute atomic E-state index is 0.580. The summed E-state index contributed by atoms with van der Waals surface area (Å²) in [4.78, 5) is 5.70. The lowest BCUT2D eigenvalue weighted by Crippen LogP contribution is -2.28. The number of rotatable bonds is 6. The number of benzene rings is 1. The summed E-state index contributed by atoms with van der Waals surface area (Å²) in [5.41, 5.74) is 2.50. The van der Waals surface area contributed by atoms with Crippen LogP contribution >= 0.6 is 0 Å². The van der Waals surface area contributed by atoms with E-state index in [2.05, 4.69) is 49.1 Å². The van der Waals surface area contributed by atoms with Crippen molar-refractivity contribution in [3.63, 3.8) is 0 Å². The molecule has 0 spiro atoms. The lowest BCUT2D eigenvalue weighted by Gasteiger charge is -2.20. The third-order valence-corrected chi connectivity index (χ3v) is 3.66. The second-order valence-corrected chi connectivity index (χ2v) is 5.25. The normalized spacial score (nSPS) is 11.7. The summed E-state index contributed by atoms with van der Waals surface area (Å²) in [5.74, 6) is 0.989. The Bertz CT molecular complexity index is 531. The van der Waals surface area contributed by atoms with Gasteiger partial charge in [0, 0.05) is 29.7 Å². The van der Waals surface area contributed by atoms with Crippen LogP contribution in [0.25, 0.3) is 10.9 Å². The van der Waals surface area contributed by atoms with Crippen LogP contribution in [0.15, 0.2) is 24.4 Å². The average molecular weight is 260 g/mol. The minimum atomic E-state index is 0.580. The Morgan fingerprint density at radius 1 is 1.32 bits per heavy atom. The van der Waals surface area contributed by atoms with E-state index in [1.807, 2.05) is 13.0 Å². The van der Waals surface area contributed by atoms with Crippen LogP contribution in [-0.2, 0) is 6.42 Å². The first kappa shape index (κ1) is 13.9. The van der Waals surface area contributed by atoms with E-state index in [1.54, 1.807) is 0 Å². The molecule has 0 atom stereocenters. The van der Waals surface area contributed by atoms with Gasteiger partial charge in [-0.25, -0.2) is 0 Å². The fraction of sp³-hybridized carbons (Fsp3) is 0.500. The number of hydrogen-bond donors (Lipinski definition) is 1. The van der Waals surface area contributed by atoms with Crippen molar-refractivity contribution in [1.82, 2.24) is 9.88 Å². The molecular weight excluding hydrogens is 236 g/mol. The van der Waals surface area contributed by atoms with Crippen molar-refractivity contribution in [3.05, 3.63) is 30.0 Å². The summed E-state index contributed by atoms with van der Waals surface area (Å²) in [5, 5.41) is 1.24. The predicted molar refractivity (Wildman–Crippen MR) is 80.9 cm³/mol. The lowest BCUT2D eigenvalue weighted by atomic mass is 10.1. The number of aromatic amines is 1. The number of likely N-dealkylation sites (N-methyl/N-ethyl adjacent to an activating group) is 1. The maximum Gasteiger partial charge on any atom is 0.128 e. The number of nitrogens with zero attached hydrogens (tertiary/aromatic N) is 1. The molecule has 104 valence electrons. The van der Waals surface area contributed by atoms with Gasteiger partial charge in [0.15, 0.2) is 0 Å². The first-order chi connectivity index (χ1) is 9.13. The summed E-state index contributed by atoms with van der Waals surface area (Å²) in [6.45, 7) is 8.24. The SMILES string of the molecule is CCOc1cccc2[nH]cc(CCN(C)C(C)C)c12. The van der Waals surface area contributed by atoms with Gasteiger partial charge in [0.1, 0.15) is 5.75 Å². The molecule has 1 aromatic carbocycles. The second-order valence-electron chi connectivity index (χ2n) is 5.25. The van der Waals surface area contributed by atoms with Gasteiger partial charge < -0.3 is 14.6 Å². The molecule has 3 heteroatoms. The fourth-order valence-electron chi connectivity index (χ4n) is 2.25. The third-order valence-electron chi connectivity index (χ3n) is 3.66. The lowest BCUT2D eigenvalue weighted by molar-refractivity contribution is 0.277. The number of nitrogens with one attached hydrogen (secondary N) is 1. The van der Waals surface area contributed by atoms with Crippen LogP contribution in [0.1, 0.15) is 26.3 Å². The van der Waals surface area contributed by atoms with Gasteiger partial charge in [-0.2, -0.15) is 0 Å². The molecule has 0 bridgehead atoms. The van der Waals surface area contributed by atoms with Crippen molar-refractivity contribution in [3.8, 4) is 5.75 Å². The molecule has 0 saturated heterocycles. The summed E-state index contributed by atoms with van der Waals surface area (Å²) < 4.78 is 5.74. The Morgan fingerprint density at radius 3 is 2.79 bits per heavy atom. The van der Waals surface area contributed by atoms with Gasteiger partial charge in [-0.1, -0.05) is 6.07 Å². The first-order valence-corrected chi connectivity index (χ1v) is 7.05. The molecule has 0 fully saturated rings. The molecule has 1 N–H and O–H groups in total. The van der Waals surface area contributed by atoms with E-state index in [0.717, 1.165) is 24.2 Å². The third kappa shape index (κ3) is 3.10. The Balaban J connectivity index is 2.23. The van der Waals surface area contributed by atoms with E-state index in [1.165, 1.54) is 10.9 Å². The van der Waals surface area contributed by atoms with Crippen LogP contribution in [0, 0.1) is 0 Å². The zero-order valence-electron chi connectivity index (χ0n) is 12.4. The molecule has 2 rings (SSSR count). The highest BCUT2D eigenvalue weighted by molar-refractivity contribution is 5.89. The smallest absolute Gasteiger partial charge is 0.128 e. The number of fused-ring (bicyclic) bond motifs is 1. The Labute approximate surface area is 115 Å². The zero-order valence-corrected chi connectivity index (χ0v) is 12.4. The van der Waals surface area contributed by atoms with Crippen LogP contribution in [-0.4, -0.2) is 36.1 Å². The number of ether oxygens (including phenoxy) is 1. The molecule has 0 saturated carbocycles. The molecule has 1 aromatic heterocycles. The van der Waals surface area contributed by atoms with Gasteiger partial charge in [-0.05, 0) is 51.9 Å². The standard InChI is InChI=1S/C16H24N2O/c1-5-19-15-8-6-7-14-16(15)13(11-17-14)9-10-18(4)12(2)3/h6-8,11-12,17H,5,9-10H2,1-4H3. The molecule has 0 aliphatic heterocycles. The first-order valence-electron chi connectivity index (χ1n) is 7.05. The monoisotopic (exact) mass is 260 g/mol. The van der Waals surface area contributed by atoms with Crippen molar-refractivity contribution >= 4 is 10.9 Å². The van der Waals surface area contributed by atoms with Crippen LogP contribution in [0.2, 0.25) is 0 Å². The summed E-state index contributed by atoms with van der Waals surface area (Å²) in [6, 6.07) is 6.77. The van der Waals surface area contributed by atoms with E-state index < -0.39 is 0 Å². The second kappa shape index (κ2) is 6.11. The highest BCUT2D eigenvalue weighted by Gasteiger charge is 2.11. The Morgan fingerprint density at radius 2 is 2.11 bits per heavy atom. The van der Waals surface area contributed by atoms with Gasteiger partial charge in [0.25, 0.3) is 0 Å². The fourth-order valence-corrected chi connectivity index (χ4v) is 2.25. The molecule has 0 aliphatic carbocycles. The average Bonchev–Trinajstić information content (AvgIpc) is 2.80. The van der Waals surface area contributed by atoms with E-state index in [4.69, 9.17) is 4.74 Å². The highest BCUT2D eigenvalue weighted by Crippen LogP contribution is 2.29. The zero-order chi connectivity index (χ0) is 13.8. The van der Waals surface area contributed by atoms with E-state index in [0.29, 0.717) is 12.6 Å². The molecule has 0 amide bonds. The number of hydrogen-bond acceptors (Lipinski definition) is 2. The highest BCUT2D eigenvalue weighted by atomic mass is 16.5. The Kier molecular flexibility index (Phi) is 4.48. The van der Waals surface area contributed by atoms with Gasteiger partial charge in [0.2, 0.25) is 0 Å². The minimum Gasteiger partial charge on any atom is -0.493 e. The molecular formula is C16H24N2O. The molecule has 2 aromatic rings. The molecule has 0 radical (unpaired) electrons. The van der Waals surface area contributed by atoms with Crippen LogP contribution in [0.4, 0.5) is 0 Å². The van der Waals surface area contributed by atoms with Gasteiger partial charge in [-0.3, -0.25) is 0 Å². The van der Waals surface area contributed by atoms with Crippen molar-refractivity contribution in [2.24, 2.45) is 0 Å². The maximum atomic E-state index is 5.74. The number of aromatic nitrogens is 1. The largest absolute Gasteiger partial charge is 0.493 e. The summed E-state index contributed by atoms with van der Waals surface area (Å²) >= 11 is 0. The number of H-pyrrole nitrogens is 1. The van der Waals surface area contributed by atoms with Gasteiger partial charge in [0.05, 0.1) is 6.61 Å². The predicted octanol–water partition coefficient (Wildman–Crippen LogP) is 3.45. The van der Waals surface area contributed by atoms with Crippen molar-refractivity contribution in [2.75, 3.05) is 20.2 Å². The van der Waals surface area contributed by atoms with Gasteiger partial charge in [-0.15, -0.1) is 0 Å². The maximum absolute atomic E-state index is 5.74. The van der Waals surface area contributed by atoms with E-state index >= 15 is 0 Å². The quantitative estimate of drug-likeness (QED) is 0.861. The van der Waals surface area contributed by atoms with Crippen molar-refractivity contribution < 1.29 is 4.74 Å². The topological polar surface area (TPSA) is 28.3 Å². The molecule has 3 nitrogen and oxygen atoms in total. The molecule has 0 unspecified atom stereocenters. The van der Waals surface area contributed by atoms with Crippen LogP contribution in [0.3, 0.4) is 0 Å². The van der Waals surface area contributed by atoms with E-state index in [9.17, 15) is 0 Å². The molecule has 0 aliphatic rings. The van der Waals surface area contributed by atoms with E-state index in [-0.39, 0.29) is 0 Å². The van der Waals surface area contributed by atoms with Crippen LogP contribution < -0.4 is 4.74 Å². The van der Waals surface area contributed by atoms with Crippen LogP contribution in [0.5, 0.6) is 5.75 Å². The van der Waals surface area contributed by atoms with Gasteiger partial charge >= 0.3 is 0 Å². The van der Waals surface area contributed by atoms with Crippen molar-refractivity contribution in [1.29, 1.82) is 0 Å². The molecule has 1 heterocycles. The molecule has 19 heavy (non-hydrogen) atoms. The van der Waals surface area contributed by atoms with Crippen molar-refractivity contribution in [2.45, 2.75) is 33.2 Å². The summed E-state index contributed by atoms with van der Waals surface area (Å²) in [7, 11) is 2.17. The Hall–Kier alpha value is -1.48.